The van der Waals surface area contributed by atoms with Gasteiger partial charge in [0.1, 0.15) is 5.69 Å². The lowest BCUT2D eigenvalue weighted by molar-refractivity contribution is 0.102. The van der Waals surface area contributed by atoms with Crippen molar-refractivity contribution in [2.24, 2.45) is 0 Å². The number of fused-ring (bicyclic) bond motifs is 2. The van der Waals surface area contributed by atoms with E-state index in [2.05, 4.69) is 31.2 Å². The number of nitrogens with one attached hydrogen (secondary N) is 2. The molecule has 0 amide bonds. The maximum absolute atomic E-state index is 11.8. The van der Waals surface area contributed by atoms with Gasteiger partial charge in [-0.2, -0.15) is 5.10 Å². The second-order valence-electron chi connectivity index (χ2n) is 8.52. The van der Waals surface area contributed by atoms with Crippen molar-refractivity contribution in [3.63, 3.8) is 0 Å². The van der Waals surface area contributed by atoms with E-state index in [0.29, 0.717) is 5.82 Å². The summed E-state index contributed by atoms with van der Waals surface area (Å²) in [5.74, 6) is 0.731. The van der Waals surface area contributed by atoms with Crippen molar-refractivity contribution >= 4 is 44.7 Å². The number of aromatic nitrogens is 6. The minimum atomic E-state index is 0.0647. The molecule has 0 unspecified atom stereocenters. The lowest BCUT2D eigenvalue weighted by Gasteiger charge is -2.12. The summed E-state index contributed by atoms with van der Waals surface area (Å²) < 4.78 is 0. The Morgan fingerprint density at radius 1 is 1.03 bits per heavy atom. The van der Waals surface area contributed by atoms with Crippen LogP contribution in [0.15, 0.2) is 61.1 Å². The molecule has 6 rings (SSSR count). The fourth-order valence-electron chi connectivity index (χ4n) is 4.08. The van der Waals surface area contributed by atoms with E-state index in [0.717, 1.165) is 59.9 Å². The van der Waals surface area contributed by atoms with E-state index in [1.54, 1.807) is 13.1 Å². The summed E-state index contributed by atoms with van der Waals surface area (Å²) in [4.78, 5) is 32.9. The lowest BCUT2D eigenvalue weighted by Crippen LogP contribution is -2.08. The van der Waals surface area contributed by atoms with Gasteiger partial charge < -0.3 is 9.88 Å². The van der Waals surface area contributed by atoms with Crippen molar-refractivity contribution in [2.75, 3.05) is 19.0 Å². The van der Waals surface area contributed by atoms with Gasteiger partial charge in [0.05, 0.1) is 45.2 Å². The zero-order valence-electron chi connectivity index (χ0n) is 19.3. The zero-order chi connectivity index (χ0) is 24.1. The number of rotatable bonds is 5. The monoisotopic (exact) mass is 479 g/mol. The first-order valence-corrected chi connectivity index (χ1v) is 11.9. The molecule has 1 aromatic carbocycles. The second-order valence-corrected chi connectivity index (χ2v) is 9.60. The third-order valence-electron chi connectivity index (χ3n) is 5.94. The van der Waals surface area contributed by atoms with Gasteiger partial charge in [-0.1, -0.05) is 12.1 Å². The van der Waals surface area contributed by atoms with Crippen molar-refractivity contribution in [3.05, 3.63) is 65.9 Å². The number of nitrogens with zero attached hydrogens (tertiary/aromatic N) is 5. The molecule has 9 heteroatoms. The van der Waals surface area contributed by atoms with Gasteiger partial charge in [0.2, 0.25) is 0 Å². The average molecular weight is 480 g/mol. The van der Waals surface area contributed by atoms with Crippen molar-refractivity contribution in [1.82, 2.24) is 30.1 Å². The number of imidazole rings is 1. The smallest absolute Gasteiger partial charge is 0.169 e. The van der Waals surface area contributed by atoms with Crippen LogP contribution in [0.4, 0.5) is 5.69 Å². The number of Topliss-reactive ketones (excluding diaryl/α,β-unsaturated/α-hetero) is 1. The molecule has 0 saturated heterocycles. The number of thiophene rings is 1. The molecule has 0 fully saturated rings. The average Bonchev–Trinajstić information content (AvgIpc) is 3.61. The van der Waals surface area contributed by atoms with E-state index in [9.17, 15) is 4.79 Å². The van der Waals surface area contributed by atoms with E-state index in [1.165, 1.54) is 11.3 Å². The zero-order valence-corrected chi connectivity index (χ0v) is 20.1. The van der Waals surface area contributed by atoms with Crippen LogP contribution < -0.4 is 4.90 Å². The molecule has 0 atom stereocenters. The van der Waals surface area contributed by atoms with Crippen LogP contribution in [0.5, 0.6) is 0 Å². The van der Waals surface area contributed by atoms with Gasteiger partial charge in [-0.05, 0) is 37.3 Å². The van der Waals surface area contributed by atoms with Crippen LogP contribution in [0.3, 0.4) is 0 Å². The minimum absolute atomic E-state index is 0.0647. The van der Waals surface area contributed by atoms with Gasteiger partial charge in [-0.25, -0.2) is 4.98 Å². The summed E-state index contributed by atoms with van der Waals surface area (Å²) >= 11 is 1.48. The van der Waals surface area contributed by atoms with E-state index in [1.807, 2.05) is 67.8 Å². The standard InChI is InChI=1S/C26H21N7OS/c1-14(34)22-7-8-23(35-22)17-5-4-6-19-24(17)30-26(29-19)25-18-10-20(28-13-21(18)31-32-25)15-9-16(33(2)3)12-27-11-15/h4-13H,1-3H3,(H,29,30)(H,31,32). The molecule has 0 saturated carbocycles. The Hall–Kier alpha value is -4.37. The van der Waals surface area contributed by atoms with Gasteiger partial charge in [0, 0.05) is 41.7 Å². The molecule has 0 radical (unpaired) electrons. The maximum Gasteiger partial charge on any atom is 0.169 e. The summed E-state index contributed by atoms with van der Waals surface area (Å²) in [5.41, 5.74) is 7.01. The van der Waals surface area contributed by atoms with Crippen LogP contribution in [0.25, 0.3) is 55.2 Å². The highest BCUT2D eigenvalue weighted by Crippen LogP contribution is 2.35. The predicted molar refractivity (Wildman–Crippen MR) is 140 cm³/mol. The minimum Gasteiger partial charge on any atom is -0.376 e. The Labute approximate surface area is 204 Å². The van der Waals surface area contributed by atoms with Gasteiger partial charge in [-0.15, -0.1) is 11.3 Å². The molecule has 0 aliphatic carbocycles. The summed E-state index contributed by atoms with van der Waals surface area (Å²) in [5, 5.41) is 8.53. The molecule has 8 nitrogen and oxygen atoms in total. The Balaban J connectivity index is 1.46. The number of carbonyl (C=O) groups excluding carboxylic acids is 1. The molecule has 0 aliphatic rings. The number of pyridine rings is 2. The number of H-pyrrole nitrogens is 2. The number of benzene rings is 1. The fourth-order valence-corrected chi connectivity index (χ4v) is 5.01. The molecular formula is C26H21N7OS. The van der Waals surface area contributed by atoms with Crippen molar-refractivity contribution < 1.29 is 4.79 Å². The van der Waals surface area contributed by atoms with Gasteiger partial charge >= 0.3 is 0 Å². The molecule has 0 aliphatic heterocycles. The first kappa shape index (κ1) is 21.2. The molecule has 2 N–H and O–H groups in total. The topological polar surface area (TPSA) is 103 Å². The molecule has 5 heterocycles. The Morgan fingerprint density at radius 3 is 2.71 bits per heavy atom. The van der Waals surface area contributed by atoms with Crippen LogP contribution in [-0.4, -0.2) is 50.0 Å². The summed E-state index contributed by atoms with van der Waals surface area (Å²) in [6, 6.07) is 13.9. The van der Waals surface area contributed by atoms with Crippen LogP contribution >= 0.6 is 11.3 Å². The normalized spacial score (nSPS) is 11.4. The maximum atomic E-state index is 11.8. The number of para-hydroxylation sites is 1. The third kappa shape index (κ3) is 3.66. The quantitative estimate of drug-likeness (QED) is 0.314. The molecule has 5 aromatic heterocycles. The summed E-state index contributed by atoms with van der Waals surface area (Å²) in [7, 11) is 3.97. The SMILES string of the molecule is CC(=O)c1ccc(-c2cccc3[nH]c(-c4n[nH]c5cnc(-c6cncc(N(C)C)c6)cc45)nc23)s1. The molecule has 0 spiro atoms. The van der Waals surface area contributed by atoms with E-state index in [-0.39, 0.29) is 5.78 Å². The highest BCUT2D eigenvalue weighted by atomic mass is 32.1. The first-order chi connectivity index (χ1) is 17.0. The van der Waals surface area contributed by atoms with Gasteiger partial charge in [0.25, 0.3) is 0 Å². The number of aromatic amines is 2. The van der Waals surface area contributed by atoms with Crippen LogP contribution in [-0.2, 0) is 0 Å². The highest BCUT2D eigenvalue weighted by molar-refractivity contribution is 7.17. The van der Waals surface area contributed by atoms with Crippen LogP contribution in [0.1, 0.15) is 16.6 Å². The number of anilines is 1. The van der Waals surface area contributed by atoms with Crippen molar-refractivity contribution in [3.8, 4) is 33.2 Å². The molecule has 0 bridgehead atoms. The Bertz CT molecular complexity index is 1730. The van der Waals surface area contributed by atoms with Gasteiger partial charge in [-0.3, -0.25) is 19.9 Å². The second kappa shape index (κ2) is 8.14. The third-order valence-corrected chi connectivity index (χ3v) is 7.16. The number of hydrogen-bond acceptors (Lipinski definition) is 7. The molecular weight excluding hydrogens is 458 g/mol. The number of hydrogen-bond donors (Lipinski definition) is 2. The molecule has 172 valence electrons. The highest BCUT2D eigenvalue weighted by Gasteiger charge is 2.17. The fraction of sp³-hybridized carbons (Fsp3) is 0.115. The summed E-state index contributed by atoms with van der Waals surface area (Å²) in [6.07, 6.45) is 5.42. The number of ketones is 1. The first-order valence-electron chi connectivity index (χ1n) is 11.0. The Morgan fingerprint density at radius 2 is 1.91 bits per heavy atom. The largest absolute Gasteiger partial charge is 0.376 e. The molecule has 35 heavy (non-hydrogen) atoms. The lowest BCUT2D eigenvalue weighted by atomic mass is 10.1. The number of carbonyl (C=O) groups is 1. The van der Waals surface area contributed by atoms with Crippen LogP contribution in [0.2, 0.25) is 0 Å². The Kier molecular flexibility index (Phi) is 4.93. The predicted octanol–water partition coefficient (Wildman–Crippen LogP) is 5.56. The van der Waals surface area contributed by atoms with Crippen molar-refractivity contribution in [2.45, 2.75) is 6.92 Å². The van der Waals surface area contributed by atoms with E-state index >= 15 is 0 Å². The molecule has 6 aromatic rings. The summed E-state index contributed by atoms with van der Waals surface area (Å²) in [6.45, 7) is 1.58. The van der Waals surface area contributed by atoms with Crippen LogP contribution in [0, 0.1) is 0 Å². The van der Waals surface area contributed by atoms with E-state index < -0.39 is 0 Å². The van der Waals surface area contributed by atoms with Crippen molar-refractivity contribution in [1.29, 1.82) is 0 Å². The van der Waals surface area contributed by atoms with Gasteiger partial charge in [0.15, 0.2) is 11.6 Å². The van der Waals surface area contributed by atoms with E-state index in [4.69, 9.17) is 4.98 Å².